The van der Waals surface area contributed by atoms with Crippen molar-refractivity contribution in [3.05, 3.63) is 82.4 Å². The van der Waals surface area contributed by atoms with E-state index in [1.807, 2.05) is 18.2 Å². The van der Waals surface area contributed by atoms with Crippen LogP contribution < -0.4 is 15.4 Å². The van der Waals surface area contributed by atoms with Crippen molar-refractivity contribution in [3.63, 3.8) is 0 Å². The maximum absolute atomic E-state index is 12.4. The number of non-ortho nitro benzene ring substituents is 1. The number of carbonyl (C=O) groups excluding carboxylic acids is 2. The number of thiazole rings is 1. The molecule has 0 aliphatic rings. The van der Waals surface area contributed by atoms with Gasteiger partial charge in [0.2, 0.25) is 5.91 Å². The Kier molecular flexibility index (Phi) is 7.04. The monoisotopic (exact) mass is 494 g/mol. The molecule has 4 rings (SSSR count). The number of carbonyl (C=O) groups is 2. The molecule has 4 aromatic rings. The molecule has 0 saturated carbocycles. The lowest BCUT2D eigenvalue weighted by molar-refractivity contribution is -0.384. The molecule has 0 atom stereocenters. The van der Waals surface area contributed by atoms with E-state index >= 15 is 0 Å². The summed E-state index contributed by atoms with van der Waals surface area (Å²) >= 11 is 2.72. The van der Waals surface area contributed by atoms with Crippen LogP contribution in [-0.4, -0.2) is 34.6 Å². The Morgan fingerprint density at radius 2 is 1.88 bits per heavy atom. The third-order valence-corrected chi connectivity index (χ3v) is 6.59. The number of hydrogen-bond donors (Lipinski definition) is 2. The molecule has 0 radical (unpaired) electrons. The van der Waals surface area contributed by atoms with E-state index in [0.717, 1.165) is 20.9 Å². The number of nitro groups is 1. The summed E-state index contributed by atoms with van der Waals surface area (Å²) in [6, 6.07) is 18.0. The van der Waals surface area contributed by atoms with Crippen molar-refractivity contribution in [2.75, 3.05) is 23.5 Å². The molecule has 11 heteroatoms. The second-order valence-electron chi connectivity index (χ2n) is 6.98. The summed E-state index contributed by atoms with van der Waals surface area (Å²) in [5, 5.41) is 16.9. The van der Waals surface area contributed by atoms with E-state index in [9.17, 15) is 19.7 Å². The Hall–Kier alpha value is -3.96. The fourth-order valence-corrected chi connectivity index (χ4v) is 4.60. The van der Waals surface area contributed by atoms with Crippen LogP contribution in [0.15, 0.2) is 71.6 Å². The smallest absolute Gasteiger partial charge is 0.270 e. The van der Waals surface area contributed by atoms with Crippen LogP contribution in [0.2, 0.25) is 0 Å². The van der Waals surface area contributed by atoms with Crippen LogP contribution >= 0.6 is 23.1 Å². The van der Waals surface area contributed by atoms with Crippen molar-refractivity contribution < 1.29 is 19.2 Å². The fourth-order valence-electron chi connectivity index (χ4n) is 2.99. The summed E-state index contributed by atoms with van der Waals surface area (Å²) < 4.78 is 6.13. The van der Waals surface area contributed by atoms with Gasteiger partial charge >= 0.3 is 0 Å². The molecule has 172 valence electrons. The first-order valence-electron chi connectivity index (χ1n) is 9.94. The average molecular weight is 495 g/mol. The zero-order chi connectivity index (χ0) is 24.1. The Morgan fingerprint density at radius 3 is 2.62 bits per heavy atom. The predicted molar refractivity (Wildman–Crippen MR) is 133 cm³/mol. The first-order valence-corrected chi connectivity index (χ1v) is 11.7. The number of benzene rings is 3. The lowest BCUT2D eigenvalue weighted by Crippen LogP contribution is -2.13. The highest BCUT2D eigenvalue weighted by Crippen LogP contribution is 2.29. The first kappa shape index (κ1) is 23.2. The van der Waals surface area contributed by atoms with Gasteiger partial charge in [-0.05, 0) is 48.5 Å². The minimum absolute atomic E-state index is 0.150. The first-order chi connectivity index (χ1) is 16.4. The molecule has 1 heterocycles. The topological polar surface area (TPSA) is 123 Å². The summed E-state index contributed by atoms with van der Waals surface area (Å²) in [7, 11) is 1.60. The molecule has 0 fully saturated rings. The number of amides is 2. The van der Waals surface area contributed by atoms with Crippen molar-refractivity contribution >= 4 is 61.6 Å². The number of ether oxygens (including phenoxy) is 1. The molecule has 0 unspecified atom stereocenters. The predicted octanol–water partition coefficient (Wildman–Crippen LogP) is 5.20. The largest absolute Gasteiger partial charge is 0.497 e. The number of thioether (sulfide) groups is 1. The number of fused-ring (bicyclic) bond motifs is 1. The second-order valence-corrected chi connectivity index (χ2v) is 9.05. The number of rotatable bonds is 8. The Labute approximate surface area is 202 Å². The molecular weight excluding hydrogens is 476 g/mol. The molecule has 0 saturated heterocycles. The molecule has 3 aromatic carbocycles. The minimum atomic E-state index is -0.549. The number of nitro benzene ring substituents is 1. The van der Waals surface area contributed by atoms with Crippen molar-refractivity contribution in [2.24, 2.45) is 0 Å². The van der Waals surface area contributed by atoms with Gasteiger partial charge in [-0.15, -0.1) is 11.8 Å². The summed E-state index contributed by atoms with van der Waals surface area (Å²) in [5.74, 6) is 0.295. The molecule has 0 aliphatic heterocycles. The van der Waals surface area contributed by atoms with Gasteiger partial charge in [0.05, 0.1) is 28.0 Å². The molecule has 2 N–H and O–H groups in total. The van der Waals surface area contributed by atoms with Crippen molar-refractivity contribution in [3.8, 4) is 5.75 Å². The van der Waals surface area contributed by atoms with Gasteiger partial charge in [0.15, 0.2) is 5.13 Å². The van der Waals surface area contributed by atoms with E-state index in [4.69, 9.17) is 4.74 Å². The van der Waals surface area contributed by atoms with Crippen LogP contribution in [0.25, 0.3) is 10.2 Å². The van der Waals surface area contributed by atoms with Crippen LogP contribution in [0.3, 0.4) is 0 Å². The summed E-state index contributed by atoms with van der Waals surface area (Å²) in [6.45, 7) is 0. The SMILES string of the molecule is COc1ccc2nc(NC(=O)CSc3ccc(NC(=O)c4cccc([N+](=O)[O-])c4)cc3)sc2c1. The zero-order valence-electron chi connectivity index (χ0n) is 17.8. The highest BCUT2D eigenvalue weighted by molar-refractivity contribution is 8.00. The van der Waals surface area contributed by atoms with Gasteiger partial charge in [0, 0.05) is 28.3 Å². The van der Waals surface area contributed by atoms with E-state index in [2.05, 4.69) is 15.6 Å². The maximum Gasteiger partial charge on any atom is 0.270 e. The quantitative estimate of drug-likeness (QED) is 0.196. The minimum Gasteiger partial charge on any atom is -0.497 e. The van der Waals surface area contributed by atoms with Gasteiger partial charge in [-0.25, -0.2) is 4.98 Å². The molecule has 0 spiro atoms. The zero-order valence-corrected chi connectivity index (χ0v) is 19.4. The number of hydrogen-bond acceptors (Lipinski definition) is 8. The van der Waals surface area contributed by atoms with Crippen LogP contribution in [0, 0.1) is 10.1 Å². The van der Waals surface area contributed by atoms with E-state index in [1.165, 1.54) is 47.4 Å². The highest BCUT2D eigenvalue weighted by atomic mass is 32.2. The Bertz CT molecular complexity index is 1370. The maximum atomic E-state index is 12.4. The number of methoxy groups -OCH3 is 1. The van der Waals surface area contributed by atoms with Crippen LogP contribution in [-0.2, 0) is 4.79 Å². The van der Waals surface area contributed by atoms with E-state index < -0.39 is 10.8 Å². The number of anilines is 2. The average Bonchev–Trinajstić information content (AvgIpc) is 3.24. The molecule has 2 amide bonds. The van der Waals surface area contributed by atoms with Gasteiger partial charge < -0.3 is 15.4 Å². The molecule has 1 aromatic heterocycles. The van der Waals surface area contributed by atoms with Gasteiger partial charge in [0.1, 0.15) is 5.75 Å². The highest BCUT2D eigenvalue weighted by Gasteiger charge is 2.12. The standard InChI is InChI=1S/C23H18N4O5S2/c1-32-17-7-10-19-20(12-17)34-23(25-19)26-21(28)13-33-18-8-5-15(6-9-18)24-22(29)14-3-2-4-16(11-14)27(30)31/h2-12H,13H2,1H3,(H,24,29)(H,25,26,28). The number of nitrogens with one attached hydrogen (secondary N) is 2. The lowest BCUT2D eigenvalue weighted by atomic mass is 10.2. The lowest BCUT2D eigenvalue weighted by Gasteiger charge is -2.07. The molecule has 0 bridgehead atoms. The molecule has 0 aliphatic carbocycles. The number of aromatic nitrogens is 1. The normalized spacial score (nSPS) is 10.6. The van der Waals surface area contributed by atoms with Gasteiger partial charge in [-0.2, -0.15) is 0 Å². The number of nitrogens with zero attached hydrogens (tertiary/aromatic N) is 2. The third kappa shape index (κ3) is 5.69. The summed E-state index contributed by atoms with van der Waals surface area (Å²) in [6.07, 6.45) is 0. The van der Waals surface area contributed by atoms with Crippen molar-refractivity contribution in [2.45, 2.75) is 4.90 Å². The van der Waals surface area contributed by atoms with Crippen molar-refractivity contribution in [1.29, 1.82) is 0 Å². The molecule has 34 heavy (non-hydrogen) atoms. The molecular formula is C23H18N4O5S2. The van der Waals surface area contributed by atoms with Crippen LogP contribution in [0.5, 0.6) is 5.75 Å². The fraction of sp³-hybridized carbons (Fsp3) is 0.0870. The second kappa shape index (κ2) is 10.3. The van der Waals surface area contributed by atoms with E-state index in [0.29, 0.717) is 10.8 Å². The van der Waals surface area contributed by atoms with E-state index in [-0.39, 0.29) is 22.9 Å². The van der Waals surface area contributed by atoms with Gasteiger partial charge in [-0.1, -0.05) is 17.4 Å². The van der Waals surface area contributed by atoms with Gasteiger partial charge in [-0.3, -0.25) is 19.7 Å². The van der Waals surface area contributed by atoms with E-state index in [1.54, 1.807) is 31.4 Å². The van der Waals surface area contributed by atoms with Gasteiger partial charge in [0.25, 0.3) is 11.6 Å². The Balaban J connectivity index is 1.30. The Morgan fingerprint density at radius 1 is 1.09 bits per heavy atom. The summed E-state index contributed by atoms with van der Waals surface area (Å²) in [4.78, 5) is 40.3. The van der Waals surface area contributed by atoms with Crippen LogP contribution in [0.1, 0.15) is 10.4 Å². The third-order valence-electron chi connectivity index (χ3n) is 4.64. The molecule has 9 nitrogen and oxygen atoms in total. The summed E-state index contributed by atoms with van der Waals surface area (Å²) in [5.41, 5.74) is 1.37. The van der Waals surface area contributed by atoms with Crippen molar-refractivity contribution in [1.82, 2.24) is 4.98 Å². The van der Waals surface area contributed by atoms with Crippen LogP contribution in [0.4, 0.5) is 16.5 Å².